The molecule has 1 aliphatic rings. The van der Waals surface area contributed by atoms with Crippen molar-refractivity contribution >= 4 is 28.6 Å². The molecule has 142 valence electrons. The zero-order valence-electron chi connectivity index (χ0n) is 15.5. The highest BCUT2D eigenvalue weighted by molar-refractivity contribution is 5.87. The van der Waals surface area contributed by atoms with Crippen molar-refractivity contribution < 1.29 is 0 Å². The Morgan fingerprint density at radius 3 is 2.59 bits per heavy atom. The van der Waals surface area contributed by atoms with Crippen LogP contribution in [0, 0.1) is 0 Å². The van der Waals surface area contributed by atoms with Crippen LogP contribution >= 0.6 is 0 Å². The summed E-state index contributed by atoms with van der Waals surface area (Å²) in [6, 6.07) is 1.48. The topological polar surface area (TPSA) is 122 Å². The third-order valence-electron chi connectivity index (χ3n) is 4.74. The van der Waals surface area contributed by atoms with Gasteiger partial charge in [-0.25, -0.2) is 9.97 Å². The third-order valence-corrected chi connectivity index (χ3v) is 4.74. The molecule has 3 aromatic rings. The zero-order valence-corrected chi connectivity index (χ0v) is 15.5. The van der Waals surface area contributed by atoms with Gasteiger partial charge in [0.1, 0.15) is 17.5 Å². The quantitative estimate of drug-likeness (QED) is 0.674. The van der Waals surface area contributed by atoms with E-state index in [-0.39, 0.29) is 11.5 Å². The number of nitrogen functional groups attached to an aromatic ring is 1. The molecule has 0 aliphatic carbocycles. The minimum Gasteiger partial charge on any atom is -0.369 e. The molecule has 1 saturated heterocycles. The molecule has 27 heavy (non-hydrogen) atoms. The van der Waals surface area contributed by atoms with Crippen LogP contribution in [0.5, 0.6) is 0 Å². The number of rotatable bonds is 4. The van der Waals surface area contributed by atoms with E-state index in [1.165, 1.54) is 6.07 Å². The van der Waals surface area contributed by atoms with Crippen LogP contribution in [0.15, 0.2) is 17.1 Å². The van der Waals surface area contributed by atoms with E-state index >= 15 is 0 Å². The van der Waals surface area contributed by atoms with Crippen molar-refractivity contribution in [3.05, 3.63) is 28.4 Å². The van der Waals surface area contributed by atoms with Crippen molar-refractivity contribution in [2.24, 2.45) is 7.05 Å². The van der Waals surface area contributed by atoms with Crippen LogP contribution in [-0.4, -0.2) is 55.9 Å². The molecule has 1 fully saturated rings. The lowest BCUT2D eigenvalue weighted by Crippen LogP contribution is -2.47. The smallest absolute Gasteiger partial charge is 0.254 e. The number of fused-ring (bicyclic) bond motifs is 1. The molecule has 0 bridgehead atoms. The van der Waals surface area contributed by atoms with E-state index < -0.39 is 0 Å². The Kier molecular flexibility index (Phi) is 4.38. The average Bonchev–Trinajstić information content (AvgIpc) is 3.02. The van der Waals surface area contributed by atoms with E-state index in [4.69, 9.17) is 10.7 Å². The highest BCUT2D eigenvalue weighted by Gasteiger charge is 2.23. The van der Waals surface area contributed by atoms with Gasteiger partial charge in [0, 0.05) is 45.7 Å². The van der Waals surface area contributed by atoms with Crippen molar-refractivity contribution in [2.75, 3.05) is 41.7 Å². The number of piperazine rings is 1. The summed E-state index contributed by atoms with van der Waals surface area (Å²) in [5.74, 6) is 2.51. The SMILES string of the molecule is CCCc1nc(N2CCN(c3cc(=O)[nH]c(N)n3)CC2)c2cnn(C)c2n1. The van der Waals surface area contributed by atoms with Gasteiger partial charge in [0.25, 0.3) is 5.56 Å². The first kappa shape index (κ1) is 17.3. The minimum atomic E-state index is -0.239. The number of aromatic amines is 1. The lowest BCUT2D eigenvalue weighted by molar-refractivity contribution is 0.640. The van der Waals surface area contributed by atoms with Crippen LogP contribution in [0.4, 0.5) is 17.6 Å². The van der Waals surface area contributed by atoms with Crippen LogP contribution in [0.1, 0.15) is 19.2 Å². The summed E-state index contributed by atoms with van der Waals surface area (Å²) in [6.45, 7) is 5.10. The number of nitrogens with two attached hydrogens (primary N) is 1. The molecule has 0 unspecified atom stereocenters. The molecule has 0 atom stereocenters. The molecule has 10 nitrogen and oxygen atoms in total. The predicted octanol–water partition coefficient (Wildman–Crippen LogP) is 0.308. The van der Waals surface area contributed by atoms with Gasteiger partial charge in [-0.15, -0.1) is 0 Å². The van der Waals surface area contributed by atoms with E-state index in [0.717, 1.165) is 61.7 Å². The highest BCUT2D eigenvalue weighted by Crippen LogP contribution is 2.25. The number of H-pyrrole nitrogens is 1. The zero-order chi connectivity index (χ0) is 19.0. The van der Waals surface area contributed by atoms with E-state index in [9.17, 15) is 4.79 Å². The van der Waals surface area contributed by atoms with E-state index in [0.29, 0.717) is 5.82 Å². The fourth-order valence-electron chi connectivity index (χ4n) is 3.40. The fourth-order valence-corrected chi connectivity index (χ4v) is 3.40. The summed E-state index contributed by atoms with van der Waals surface area (Å²) in [5, 5.41) is 5.31. The number of aryl methyl sites for hydroxylation is 2. The Bertz CT molecular complexity index is 1020. The molecule has 0 saturated carbocycles. The molecular weight excluding hydrogens is 346 g/mol. The molecule has 3 N–H and O–H groups in total. The van der Waals surface area contributed by atoms with Crippen LogP contribution in [0.3, 0.4) is 0 Å². The second kappa shape index (κ2) is 6.86. The van der Waals surface area contributed by atoms with Crippen molar-refractivity contribution in [1.82, 2.24) is 29.7 Å². The fraction of sp³-hybridized carbons (Fsp3) is 0.471. The standard InChI is InChI=1S/C17H23N9O/c1-3-4-12-20-15-11(10-19-24(15)2)16(21-12)26-7-5-25(6-8-26)13-9-14(27)23-17(18)22-13/h9-10H,3-8H2,1-2H3,(H3,18,22,23,27). The van der Waals surface area contributed by atoms with Gasteiger partial charge in [-0.1, -0.05) is 6.92 Å². The van der Waals surface area contributed by atoms with Gasteiger partial charge in [-0.05, 0) is 6.42 Å². The maximum absolute atomic E-state index is 11.6. The van der Waals surface area contributed by atoms with Crippen LogP contribution in [0.2, 0.25) is 0 Å². The maximum Gasteiger partial charge on any atom is 0.254 e. The first-order valence-corrected chi connectivity index (χ1v) is 9.10. The van der Waals surface area contributed by atoms with Gasteiger partial charge in [-0.2, -0.15) is 10.1 Å². The number of aromatic nitrogens is 6. The first-order chi connectivity index (χ1) is 13.0. The van der Waals surface area contributed by atoms with Crippen LogP contribution in [-0.2, 0) is 13.5 Å². The monoisotopic (exact) mass is 369 g/mol. The Morgan fingerprint density at radius 1 is 1.15 bits per heavy atom. The lowest BCUT2D eigenvalue weighted by atomic mass is 10.2. The molecule has 10 heteroatoms. The third kappa shape index (κ3) is 3.29. The number of anilines is 3. The van der Waals surface area contributed by atoms with Crippen LogP contribution in [0.25, 0.3) is 11.0 Å². The largest absolute Gasteiger partial charge is 0.369 e. The molecule has 3 aromatic heterocycles. The van der Waals surface area contributed by atoms with E-state index in [1.54, 1.807) is 4.68 Å². The van der Waals surface area contributed by atoms with Gasteiger partial charge in [0.15, 0.2) is 5.65 Å². The molecule has 0 aromatic carbocycles. The lowest BCUT2D eigenvalue weighted by Gasteiger charge is -2.36. The second-order valence-electron chi connectivity index (χ2n) is 6.68. The summed E-state index contributed by atoms with van der Waals surface area (Å²) < 4.78 is 1.79. The highest BCUT2D eigenvalue weighted by atomic mass is 16.1. The summed E-state index contributed by atoms with van der Waals surface area (Å²) in [5.41, 5.74) is 6.28. The normalized spacial score (nSPS) is 14.9. The van der Waals surface area contributed by atoms with Gasteiger partial charge >= 0.3 is 0 Å². The van der Waals surface area contributed by atoms with E-state index in [2.05, 4.69) is 36.8 Å². The minimum absolute atomic E-state index is 0.136. The molecule has 4 heterocycles. The molecule has 0 spiro atoms. The summed E-state index contributed by atoms with van der Waals surface area (Å²) in [7, 11) is 1.90. The average molecular weight is 369 g/mol. The van der Waals surface area contributed by atoms with Gasteiger partial charge in [0.05, 0.1) is 11.6 Å². The van der Waals surface area contributed by atoms with Gasteiger partial charge in [0.2, 0.25) is 5.95 Å². The van der Waals surface area contributed by atoms with Crippen LogP contribution < -0.4 is 21.1 Å². The number of hydrogen-bond acceptors (Lipinski definition) is 8. The molecule has 0 radical (unpaired) electrons. The number of nitrogens with one attached hydrogen (secondary N) is 1. The Hall–Kier alpha value is -3.17. The van der Waals surface area contributed by atoms with Crippen molar-refractivity contribution in [3.8, 4) is 0 Å². The molecule has 0 amide bonds. The Labute approximate surface area is 156 Å². The van der Waals surface area contributed by atoms with Crippen molar-refractivity contribution in [2.45, 2.75) is 19.8 Å². The summed E-state index contributed by atoms with van der Waals surface area (Å²) in [4.78, 5) is 32.1. The van der Waals surface area contributed by atoms with E-state index in [1.807, 2.05) is 13.2 Å². The van der Waals surface area contributed by atoms with Crippen molar-refractivity contribution in [3.63, 3.8) is 0 Å². The molecule has 4 rings (SSSR count). The second-order valence-corrected chi connectivity index (χ2v) is 6.68. The maximum atomic E-state index is 11.6. The van der Waals surface area contributed by atoms with Gasteiger partial charge in [-0.3, -0.25) is 14.5 Å². The summed E-state index contributed by atoms with van der Waals surface area (Å²) >= 11 is 0. The Morgan fingerprint density at radius 2 is 1.89 bits per heavy atom. The predicted molar refractivity (Wildman–Crippen MR) is 104 cm³/mol. The molecule has 1 aliphatic heterocycles. The molecular formula is C17H23N9O. The number of nitrogens with zero attached hydrogens (tertiary/aromatic N) is 7. The first-order valence-electron chi connectivity index (χ1n) is 9.10. The number of hydrogen-bond donors (Lipinski definition) is 2. The Balaban J connectivity index is 1.60. The van der Waals surface area contributed by atoms with Gasteiger partial charge < -0.3 is 15.5 Å². The van der Waals surface area contributed by atoms with Crippen molar-refractivity contribution in [1.29, 1.82) is 0 Å². The summed E-state index contributed by atoms with van der Waals surface area (Å²) in [6.07, 6.45) is 3.65.